The van der Waals surface area contributed by atoms with E-state index in [9.17, 15) is 9.59 Å². The molecule has 0 radical (unpaired) electrons. The predicted molar refractivity (Wildman–Crippen MR) is 87.2 cm³/mol. The van der Waals surface area contributed by atoms with Gasteiger partial charge in [-0.2, -0.15) is 0 Å². The molecule has 1 heterocycles. The zero-order valence-electron chi connectivity index (χ0n) is 12.5. The summed E-state index contributed by atoms with van der Waals surface area (Å²) in [6, 6.07) is 12.8. The summed E-state index contributed by atoms with van der Waals surface area (Å²) in [5.74, 6) is 0.696. The Morgan fingerprint density at radius 3 is 2.57 bits per heavy atom. The molecule has 0 aromatic heterocycles. The van der Waals surface area contributed by atoms with E-state index >= 15 is 0 Å². The van der Waals surface area contributed by atoms with Crippen LogP contribution >= 0.6 is 0 Å². The maximum absolute atomic E-state index is 11.3. The lowest BCUT2D eigenvalue weighted by Crippen LogP contribution is -2.25. The molecule has 0 spiro atoms. The van der Waals surface area contributed by atoms with Gasteiger partial charge >= 0.3 is 5.97 Å². The zero-order valence-corrected chi connectivity index (χ0v) is 12.5. The average molecular weight is 309 g/mol. The fourth-order valence-electron chi connectivity index (χ4n) is 2.21. The van der Waals surface area contributed by atoms with E-state index in [-0.39, 0.29) is 18.5 Å². The Labute approximate surface area is 133 Å². The molecule has 116 valence electrons. The lowest BCUT2D eigenvalue weighted by molar-refractivity contribution is -0.131. The molecule has 2 aromatic carbocycles. The van der Waals surface area contributed by atoms with Gasteiger partial charge in [0.2, 0.25) is 0 Å². The molecule has 0 aliphatic carbocycles. The molecule has 1 amide bonds. The van der Waals surface area contributed by atoms with Gasteiger partial charge in [0.05, 0.1) is 5.69 Å². The number of nitrogens with one attached hydrogen (secondary N) is 1. The molecule has 5 heteroatoms. The molecule has 23 heavy (non-hydrogen) atoms. The summed E-state index contributed by atoms with van der Waals surface area (Å²) in [6.45, 7) is 1.42. The second kappa shape index (κ2) is 6.36. The first-order valence-corrected chi connectivity index (χ1v) is 7.13. The minimum atomic E-state index is -0.341. The molecule has 3 rings (SSSR count). The summed E-state index contributed by atoms with van der Waals surface area (Å²) in [5.41, 5.74) is 2.59. The highest BCUT2D eigenvalue weighted by atomic mass is 16.5. The topological polar surface area (TPSA) is 64.6 Å². The summed E-state index contributed by atoms with van der Waals surface area (Å²) in [4.78, 5) is 22.2. The van der Waals surface area contributed by atoms with Crippen LogP contribution in [0.15, 0.2) is 42.5 Å². The van der Waals surface area contributed by atoms with Gasteiger partial charge < -0.3 is 14.8 Å². The number of hydrogen-bond donors (Lipinski definition) is 1. The Balaban J connectivity index is 1.74. The largest absolute Gasteiger partial charge is 0.482 e. The number of amides is 1. The second-order valence-corrected chi connectivity index (χ2v) is 5.09. The molecule has 1 aliphatic rings. The maximum atomic E-state index is 11.3. The van der Waals surface area contributed by atoms with Crippen LogP contribution in [0.1, 0.15) is 18.1 Å². The highest BCUT2D eigenvalue weighted by Crippen LogP contribution is 2.29. The van der Waals surface area contributed by atoms with Gasteiger partial charge in [0.15, 0.2) is 6.61 Å². The van der Waals surface area contributed by atoms with Crippen LogP contribution in [0.4, 0.5) is 5.69 Å². The van der Waals surface area contributed by atoms with E-state index < -0.39 is 0 Å². The Hall–Kier alpha value is -3.08. The minimum absolute atomic E-state index is 0.0524. The van der Waals surface area contributed by atoms with E-state index in [1.807, 2.05) is 42.5 Å². The number of rotatable bonds is 3. The maximum Gasteiger partial charge on any atom is 0.308 e. The third-order valence-electron chi connectivity index (χ3n) is 3.25. The summed E-state index contributed by atoms with van der Waals surface area (Å²) < 4.78 is 10.3. The quantitative estimate of drug-likeness (QED) is 0.537. The monoisotopic (exact) mass is 309 g/mol. The molecular weight excluding hydrogens is 294 g/mol. The fourth-order valence-corrected chi connectivity index (χ4v) is 2.21. The smallest absolute Gasteiger partial charge is 0.308 e. The van der Waals surface area contributed by atoms with Crippen molar-refractivity contribution in [2.75, 3.05) is 11.9 Å². The van der Waals surface area contributed by atoms with Crippen LogP contribution in [0, 0.1) is 0 Å². The van der Waals surface area contributed by atoms with Crippen LogP contribution in [0.25, 0.3) is 12.2 Å². The number of hydrogen-bond acceptors (Lipinski definition) is 4. The molecule has 1 aliphatic heterocycles. The number of anilines is 1. The molecule has 2 aromatic rings. The Morgan fingerprint density at radius 1 is 1.13 bits per heavy atom. The van der Waals surface area contributed by atoms with E-state index in [4.69, 9.17) is 9.47 Å². The molecule has 1 N–H and O–H groups in total. The van der Waals surface area contributed by atoms with Crippen molar-refractivity contribution in [3.63, 3.8) is 0 Å². The van der Waals surface area contributed by atoms with Gasteiger partial charge in [-0.3, -0.25) is 9.59 Å². The number of carbonyl (C=O) groups excluding carboxylic acids is 2. The van der Waals surface area contributed by atoms with Crippen molar-refractivity contribution >= 4 is 29.7 Å². The second-order valence-electron chi connectivity index (χ2n) is 5.09. The number of carbonyl (C=O) groups is 2. The minimum Gasteiger partial charge on any atom is -0.482 e. The normalized spacial score (nSPS) is 13.2. The van der Waals surface area contributed by atoms with Gasteiger partial charge in [0, 0.05) is 6.92 Å². The van der Waals surface area contributed by atoms with E-state index in [0.29, 0.717) is 17.2 Å². The van der Waals surface area contributed by atoms with Crippen molar-refractivity contribution < 1.29 is 19.1 Å². The van der Waals surface area contributed by atoms with Gasteiger partial charge in [0.1, 0.15) is 11.5 Å². The van der Waals surface area contributed by atoms with Gasteiger partial charge in [-0.05, 0) is 35.4 Å². The first-order chi connectivity index (χ1) is 11.1. The van der Waals surface area contributed by atoms with Crippen molar-refractivity contribution in [1.82, 2.24) is 0 Å². The van der Waals surface area contributed by atoms with Crippen LogP contribution in [-0.2, 0) is 9.59 Å². The van der Waals surface area contributed by atoms with Crippen molar-refractivity contribution in [3.05, 3.63) is 53.6 Å². The number of benzene rings is 2. The van der Waals surface area contributed by atoms with Gasteiger partial charge in [-0.1, -0.05) is 30.4 Å². The first-order valence-electron chi connectivity index (χ1n) is 7.13. The van der Waals surface area contributed by atoms with Crippen LogP contribution in [0.3, 0.4) is 0 Å². The summed E-state index contributed by atoms with van der Waals surface area (Å²) in [6.07, 6.45) is 3.87. The summed E-state index contributed by atoms with van der Waals surface area (Å²) >= 11 is 0. The third-order valence-corrected chi connectivity index (χ3v) is 3.25. The molecule has 0 saturated carbocycles. The van der Waals surface area contributed by atoms with E-state index in [1.165, 1.54) is 6.92 Å². The predicted octanol–water partition coefficient (Wildman–Crippen LogP) is 3.11. The Bertz CT molecular complexity index is 778. The van der Waals surface area contributed by atoms with Crippen LogP contribution < -0.4 is 14.8 Å². The van der Waals surface area contributed by atoms with Gasteiger partial charge in [-0.25, -0.2) is 0 Å². The summed E-state index contributed by atoms with van der Waals surface area (Å²) in [5, 5.41) is 2.78. The van der Waals surface area contributed by atoms with E-state index in [2.05, 4.69) is 5.32 Å². The molecule has 0 fully saturated rings. The van der Waals surface area contributed by atoms with Crippen LogP contribution in [0.5, 0.6) is 11.5 Å². The van der Waals surface area contributed by atoms with Crippen molar-refractivity contribution in [2.45, 2.75) is 6.92 Å². The zero-order chi connectivity index (χ0) is 16.2. The highest BCUT2D eigenvalue weighted by Gasteiger charge is 2.15. The summed E-state index contributed by atoms with van der Waals surface area (Å²) in [7, 11) is 0. The number of ether oxygens (including phenoxy) is 2. The van der Waals surface area contributed by atoms with Crippen molar-refractivity contribution in [1.29, 1.82) is 0 Å². The lowest BCUT2D eigenvalue weighted by atomic mass is 10.1. The molecule has 0 bridgehead atoms. The highest BCUT2D eigenvalue weighted by molar-refractivity contribution is 5.95. The van der Waals surface area contributed by atoms with Crippen molar-refractivity contribution in [3.8, 4) is 11.5 Å². The van der Waals surface area contributed by atoms with E-state index in [1.54, 1.807) is 12.1 Å². The number of fused-ring (bicyclic) bond motifs is 1. The number of esters is 1. The van der Waals surface area contributed by atoms with Gasteiger partial charge in [0.25, 0.3) is 5.91 Å². The first kappa shape index (κ1) is 14.8. The van der Waals surface area contributed by atoms with Gasteiger partial charge in [-0.15, -0.1) is 0 Å². The SMILES string of the molecule is CC(=O)Oc1ccc(/C=C/c2ccc3c(c2)NC(=O)CO3)cc1. The van der Waals surface area contributed by atoms with Crippen molar-refractivity contribution in [2.24, 2.45) is 0 Å². The van der Waals surface area contributed by atoms with E-state index in [0.717, 1.165) is 11.1 Å². The standard InChI is InChI=1S/C18H15NO4/c1-12(20)23-15-7-4-13(5-8-15)2-3-14-6-9-17-16(10-14)19-18(21)11-22-17/h2-10H,11H2,1H3,(H,19,21)/b3-2+. The Kier molecular flexibility index (Phi) is 4.10. The lowest BCUT2D eigenvalue weighted by Gasteiger charge is -2.17. The third kappa shape index (κ3) is 3.77. The fraction of sp³-hybridized carbons (Fsp3) is 0.111. The molecule has 0 saturated heterocycles. The molecule has 0 unspecified atom stereocenters. The Morgan fingerprint density at radius 2 is 1.83 bits per heavy atom. The molecule has 5 nitrogen and oxygen atoms in total. The molecular formula is C18H15NO4. The van der Waals surface area contributed by atoms with Crippen LogP contribution in [0.2, 0.25) is 0 Å². The molecule has 0 atom stereocenters. The average Bonchev–Trinajstić information content (AvgIpc) is 2.53. The van der Waals surface area contributed by atoms with Crippen LogP contribution in [-0.4, -0.2) is 18.5 Å².